The molecule has 0 N–H and O–H groups in total. The molecule has 164 valence electrons. The van der Waals surface area contributed by atoms with Gasteiger partial charge in [-0.3, -0.25) is 4.79 Å². The van der Waals surface area contributed by atoms with E-state index < -0.39 is 0 Å². The maximum Gasteiger partial charge on any atom is 0.233 e. The lowest BCUT2D eigenvalue weighted by atomic mass is 10.0. The number of nitrogens with zero attached hydrogens (tertiary/aromatic N) is 2. The minimum atomic E-state index is -0.340. The third-order valence-corrected chi connectivity index (χ3v) is 6.18. The SMILES string of the molecule is CCC(c1ccc(F)cc1)N(Cc1cccc(F)c1)C(=O)CSCc1c(C)noc1C. The molecule has 1 aromatic heterocycles. The molecule has 0 aliphatic carbocycles. The van der Waals surface area contributed by atoms with Gasteiger partial charge in [0.25, 0.3) is 0 Å². The summed E-state index contributed by atoms with van der Waals surface area (Å²) in [6.45, 7) is 6.00. The minimum Gasteiger partial charge on any atom is -0.361 e. The van der Waals surface area contributed by atoms with Crippen LogP contribution in [0, 0.1) is 25.5 Å². The molecule has 0 spiro atoms. The third-order valence-electron chi connectivity index (χ3n) is 5.23. The Morgan fingerprint density at radius 1 is 1.13 bits per heavy atom. The Morgan fingerprint density at radius 3 is 2.48 bits per heavy atom. The molecule has 0 aliphatic rings. The van der Waals surface area contributed by atoms with Crippen LogP contribution in [0.15, 0.2) is 53.1 Å². The third kappa shape index (κ3) is 5.94. The van der Waals surface area contributed by atoms with Gasteiger partial charge >= 0.3 is 0 Å². The number of aryl methyl sites for hydroxylation is 2. The summed E-state index contributed by atoms with van der Waals surface area (Å²) in [4.78, 5) is 15.0. The largest absolute Gasteiger partial charge is 0.361 e. The molecular formula is C24H26F2N2O2S. The first-order valence-electron chi connectivity index (χ1n) is 10.2. The average Bonchev–Trinajstić information content (AvgIpc) is 3.07. The van der Waals surface area contributed by atoms with Crippen LogP contribution in [0.4, 0.5) is 8.78 Å². The van der Waals surface area contributed by atoms with Gasteiger partial charge in [0, 0.05) is 17.9 Å². The number of rotatable bonds is 9. The number of aromatic nitrogens is 1. The molecule has 0 saturated heterocycles. The van der Waals surface area contributed by atoms with Crippen molar-refractivity contribution < 1.29 is 18.1 Å². The first-order chi connectivity index (χ1) is 14.9. The minimum absolute atomic E-state index is 0.0582. The lowest BCUT2D eigenvalue weighted by Gasteiger charge is -2.32. The average molecular weight is 445 g/mol. The molecule has 1 heterocycles. The summed E-state index contributed by atoms with van der Waals surface area (Å²) in [6, 6.07) is 12.2. The van der Waals surface area contributed by atoms with Gasteiger partial charge < -0.3 is 9.42 Å². The summed E-state index contributed by atoms with van der Waals surface area (Å²) in [5.41, 5.74) is 3.39. The molecule has 2 aromatic carbocycles. The van der Waals surface area contributed by atoms with Crippen LogP contribution in [0.5, 0.6) is 0 Å². The highest BCUT2D eigenvalue weighted by atomic mass is 32.2. The van der Waals surface area contributed by atoms with Crippen LogP contribution < -0.4 is 0 Å². The van der Waals surface area contributed by atoms with Crippen molar-refractivity contribution in [3.63, 3.8) is 0 Å². The summed E-state index contributed by atoms with van der Waals surface area (Å²) in [5, 5.41) is 3.95. The Kier molecular flexibility index (Phi) is 7.85. The standard InChI is InChI=1S/C24H26F2N2O2S/c1-4-23(19-8-10-20(25)11-9-19)28(13-18-6-5-7-21(26)12-18)24(29)15-31-14-22-16(2)27-30-17(22)3/h5-12,23H,4,13-15H2,1-3H3. The molecule has 0 fully saturated rings. The Morgan fingerprint density at radius 2 is 1.87 bits per heavy atom. The van der Waals surface area contributed by atoms with Gasteiger partial charge in [-0.25, -0.2) is 8.78 Å². The summed E-state index contributed by atoms with van der Waals surface area (Å²) >= 11 is 1.49. The molecule has 1 amide bonds. The molecule has 3 aromatic rings. The zero-order valence-corrected chi connectivity index (χ0v) is 18.7. The molecule has 31 heavy (non-hydrogen) atoms. The van der Waals surface area contributed by atoms with Gasteiger partial charge in [-0.2, -0.15) is 0 Å². The molecule has 0 bridgehead atoms. The number of amides is 1. The second-order valence-electron chi connectivity index (χ2n) is 7.42. The van der Waals surface area contributed by atoms with Crippen molar-refractivity contribution >= 4 is 17.7 Å². The van der Waals surface area contributed by atoms with E-state index in [2.05, 4.69) is 5.16 Å². The molecule has 0 aliphatic heterocycles. The van der Waals surface area contributed by atoms with E-state index in [1.165, 1.54) is 36.0 Å². The van der Waals surface area contributed by atoms with Gasteiger partial charge in [0.2, 0.25) is 5.91 Å². The molecule has 7 heteroatoms. The summed E-state index contributed by atoms with van der Waals surface area (Å²) in [5.74, 6) is 0.915. The van der Waals surface area contributed by atoms with E-state index in [0.717, 1.165) is 22.6 Å². The van der Waals surface area contributed by atoms with Crippen LogP contribution >= 0.6 is 11.8 Å². The monoisotopic (exact) mass is 444 g/mol. The number of carbonyl (C=O) groups is 1. The topological polar surface area (TPSA) is 46.3 Å². The highest BCUT2D eigenvalue weighted by molar-refractivity contribution is 7.99. The van der Waals surface area contributed by atoms with Crippen LogP contribution in [0.25, 0.3) is 0 Å². The number of hydrogen-bond donors (Lipinski definition) is 0. The van der Waals surface area contributed by atoms with Crippen molar-refractivity contribution in [1.29, 1.82) is 0 Å². The second kappa shape index (κ2) is 10.6. The van der Waals surface area contributed by atoms with E-state index in [1.54, 1.807) is 29.2 Å². The Hall–Kier alpha value is -2.67. The first-order valence-corrected chi connectivity index (χ1v) is 11.3. The number of halogens is 2. The predicted octanol–water partition coefficient (Wildman–Crippen LogP) is 5.98. The van der Waals surface area contributed by atoms with Crippen molar-refractivity contribution in [2.75, 3.05) is 5.75 Å². The molecule has 4 nitrogen and oxygen atoms in total. The van der Waals surface area contributed by atoms with Crippen molar-refractivity contribution in [2.45, 2.75) is 45.5 Å². The molecule has 0 saturated carbocycles. The zero-order valence-electron chi connectivity index (χ0n) is 17.9. The highest BCUT2D eigenvalue weighted by Gasteiger charge is 2.24. The van der Waals surface area contributed by atoms with E-state index in [9.17, 15) is 13.6 Å². The molecular weight excluding hydrogens is 418 g/mol. The van der Waals surface area contributed by atoms with Gasteiger partial charge in [0.1, 0.15) is 17.4 Å². The zero-order chi connectivity index (χ0) is 22.4. The summed E-state index contributed by atoms with van der Waals surface area (Å²) < 4.78 is 32.4. The lowest BCUT2D eigenvalue weighted by molar-refractivity contribution is -0.131. The Labute approximate surface area is 185 Å². The van der Waals surface area contributed by atoms with Gasteiger partial charge in [-0.1, -0.05) is 36.3 Å². The Balaban J connectivity index is 1.79. The van der Waals surface area contributed by atoms with Crippen LogP contribution in [0.1, 0.15) is 47.5 Å². The predicted molar refractivity (Wildman–Crippen MR) is 119 cm³/mol. The number of benzene rings is 2. The number of thioether (sulfide) groups is 1. The molecule has 3 rings (SSSR count). The van der Waals surface area contributed by atoms with Crippen molar-refractivity contribution in [2.24, 2.45) is 0 Å². The highest BCUT2D eigenvalue weighted by Crippen LogP contribution is 2.28. The van der Waals surface area contributed by atoms with Gasteiger partial charge in [-0.05, 0) is 55.7 Å². The van der Waals surface area contributed by atoms with E-state index in [-0.39, 0.29) is 35.9 Å². The lowest BCUT2D eigenvalue weighted by Crippen LogP contribution is -2.35. The molecule has 1 atom stereocenters. The van der Waals surface area contributed by atoms with Crippen LogP contribution in [-0.2, 0) is 17.1 Å². The van der Waals surface area contributed by atoms with Crippen LogP contribution in [-0.4, -0.2) is 21.7 Å². The van der Waals surface area contributed by atoms with E-state index in [4.69, 9.17) is 4.52 Å². The second-order valence-corrected chi connectivity index (χ2v) is 8.41. The molecule has 0 radical (unpaired) electrons. The van der Waals surface area contributed by atoms with Gasteiger partial charge in [0.05, 0.1) is 17.5 Å². The van der Waals surface area contributed by atoms with Crippen molar-refractivity contribution in [3.8, 4) is 0 Å². The van der Waals surface area contributed by atoms with E-state index >= 15 is 0 Å². The fourth-order valence-electron chi connectivity index (χ4n) is 3.56. The van der Waals surface area contributed by atoms with Gasteiger partial charge in [0.15, 0.2) is 0 Å². The molecule has 1 unspecified atom stereocenters. The quantitative estimate of drug-likeness (QED) is 0.407. The summed E-state index contributed by atoms with van der Waals surface area (Å²) in [7, 11) is 0. The summed E-state index contributed by atoms with van der Waals surface area (Å²) in [6.07, 6.45) is 0.654. The number of hydrogen-bond acceptors (Lipinski definition) is 4. The van der Waals surface area contributed by atoms with Crippen LogP contribution in [0.2, 0.25) is 0 Å². The smallest absolute Gasteiger partial charge is 0.233 e. The number of carbonyl (C=O) groups excluding carboxylic acids is 1. The fraction of sp³-hybridized carbons (Fsp3) is 0.333. The van der Waals surface area contributed by atoms with Crippen molar-refractivity contribution in [3.05, 3.63) is 88.3 Å². The van der Waals surface area contributed by atoms with Crippen LogP contribution in [0.3, 0.4) is 0 Å². The fourth-order valence-corrected chi connectivity index (χ4v) is 4.62. The maximum absolute atomic E-state index is 13.7. The van der Waals surface area contributed by atoms with Gasteiger partial charge in [-0.15, -0.1) is 11.8 Å². The van der Waals surface area contributed by atoms with E-state index in [0.29, 0.717) is 17.7 Å². The Bertz CT molecular complexity index is 1000. The first kappa shape index (κ1) is 23.0. The maximum atomic E-state index is 13.7. The van der Waals surface area contributed by atoms with E-state index in [1.807, 2.05) is 20.8 Å². The normalized spacial score (nSPS) is 12.0. The van der Waals surface area contributed by atoms with Crippen molar-refractivity contribution in [1.82, 2.24) is 10.1 Å².